The number of nitrogens with zero attached hydrogens (tertiary/aromatic N) is 1. The number of nitrogens with one attached hydrogen (secondary N) is 1. The number of halogens is 1. The van der Waals surface area contributed by atoms with E-state index in [4.69, 9.17) is 4.74 Å². The fourth-order valence-electron chi connectivity index (χ4n) is 1.39. The highest BCUT2D eigenvalue weighted by Crippen LogP contribution is 2.16. The molecule has 1 N–H and O–H groups in total. The molecule has 0 spiro atoms. The lowest BCUT2D eigenvalue weighted by Crippen LogP contribution is -2.38. The third kappa shape index (κ3) is 2.54. The molecule has 0 aliphatic carbocycles. The van der Waals surface area contributed by atoms with Crippen LogP contribution in [0.15, 0.2) is 0 Å². The van der Waals surface area contributed by atoms with Crippen molar-refractivity contribution in [1.29, 1.82) is 0 Å². The normalized spacial score (nSPS) is 33.0. The van der Waals surface area contributed by atoms with Crippen LogP contribution in [0, 0.1) is 0 Å². The summed E-state index contributed by atoms with van der Waals surface area (Å²) in [5.74, 6) is 0. The van der Waals surface area contributed by atoms with Crippen LogP contribution in [0.5, 0.6) is 0 Å². The van der Waals surface area contributed by atoms with Gasteiger partial charge in [-0.25, -0.2) is 3.11 Å². The first-order valence-electron chi connectivity index (χ1n) is 3.97. The maximum atomic E-state index is 5.57. The summed E-state index contributed by atoms with van der Waals surface area (Å²) in [6.45, 7) is 4.98. The standard InChI is InChI=1S/C7H15IN2O/c1-3-11-7-5-10(8)4-6(7)9-2/h6-7,9H,3-5H2,1-2H3. The first-order chi connectivity index (χ1) is 5.27. The zero-order valence-corrected chi connectivity index (χ0v) is 9.17. The summed E-state index contributed by atoms with van der Waals surface area (Å²) in [7, 11) is 1.99. The van der Waals surface area contributed by atoms with E-state index in [1.807, 2.05) is 14.0 Å². The molecule has 1 rings (SSSR count). The molecule has 1 aliphatic rings. The van der Waals surface area contributed by atoms with Crippen molar-refractivity contribution in [1.82, 2.24) is 8.43 Å². The molecule has 0 saturated carbocycles. The van der Waals surface area contributed by atoms with Gasteiger partial charge in [-0.05, 0) is 14.0 Å². The average molecular weight is 270 g/mol. The third-order valence-electron chi connectivity index (χ3n) is 1.97. The van der Waals surface area contributed by atoms with Crippen molar-refractivity contribution in [2.24, 2.45) is 0 Å². The van der Waals surface area contributed by atoms with Gasteiger partial charge in [0.05, 0.1) is 6.10 Å². The minimum Gasteiger partial charge on any atom is -0.375 e. The molecule has 0 aromatic rings. The molecule has 0 radical (unpaired) electrons. The summed E-state index contributed by atoms with van der Waals surface area (Å²) in [6, 6.07) is 0.506. The van der Waals surface area contributed by atoms with Gasteiger partial charge in [0.15, 0.2) is 0 Å². The Labute approximate surface area is 82.0 Å². The molecule has 4 heteroatoms. The molecule has 1 fully saturated rings. The fraction of sp³-hybridized carbons (Fsp3) is 1.00. The van der Waals surface area contributed by atoms with Gasteiger partial charge in [0.25, 0.3) is 0 Å². The van der Waals surface area contributed by atoms with Crippen molar-refractivity contribution in [2.75, 3.05) is 26.7 Å². The molecular weight excluding hydrogens is 255 g/mol. The quantitative estimate of drug-likeness (QED) is 0.602. The van der Waals surface area contributed by atoms with E-state index in [1.165, 1.54) is 0 Å². The molecule has 0 bridgehead atoms. The van der Waals surface area contributed by atoms with Gasteiger partial charge in [-0.2, -0.15) is 0 Å². The second kappa shape index (κ2) is 4.59. The SMILES string of the molecule is CCOC1CN(I)CC1NC. The van der Waals surface area contributed by atoms with Crippen molar-refractivity contribution >= 4 is 22.9 Å². The van der Waals surface area contributed by atoms with E-state index in [0.29, 0.717) is 12.1 Å². The van der Waals surface area contributed by atoms with E-state index in [2.05, 4.69) is 31.3 Å². The monoisotopic (exact) mass is 270 g/mol. The predicted octanol–water partition coefficient (Wildman–Crippen LogP) is 0.645. The average Bonchev–Trinajstić information content (AvgIpc) is 2.32. The highest BCUT2D eigenvalue weighted by Gasteiger charge is 2.30. The molecule has 1 saturated heterocycles. The summed E-state index contributed by atoms with van der Waals surface area (Å²) < 4.78 is 7.83. The van der Waals surface area contributed by atoms with Crippen molar-refractivity contribution < 1.29 is 4.74 Å². The number of ether oxygens (including phenoxy) is 1. The predicted molar refractivity (Wildman–Crippen MR) is 53.9 cm³/mol. The molecule has 2 atom stereocenters. The summed E-state index contributed by atoms with van der Waals surface area (Å²) in [5, 5.41) is 3.26. The van der Waals surface area contributed by atoms with Gasteiger partial charge in [-0.15, -0.1) is 0 Å². The summed E-state index contributed by atoms with van der Waals surface area (Å²) in [5.41, 5.74) is 0. The Morgan fingerprint density at radius 3 is 2.91 bits per heavy atom. The Morgan fingerprint density at radius 2 is 2.36 bits per heavy atom. The van der Waals surface area contributed by atoms with Crippen molar-refractivity contribution in [3.05, 3.63) is 0 Å². The van der Waals surface area contributed by atoms with Gasteiger partial charge in [-0.1, -0.05) is 0 Å². The zero-order chi connectivity index (χ0) is 8.27. The van der Waals surface area contributed by atoms with Gasteiger partial charge in [0.2, 0.25) is 0 Å². The summed E-state index contributed by atoms with van der Waals surface area (Å²) in [6.07, 6.45) is 0.377. The minimum absolute atomic E-state index is 0.377. The molecule has 0 amide bonds. The van der Waals surface area contributed by atoms with E-state index in [0.717, 1.165) is 19.7 Å². The molecule has 1 heterocycles. The lowest BCUT2D eigenvalue weighted by Gasteiger charge is -2.16. The number of likely N-dealkylation sites (N-methyl/N-ethyl adjacent to an activating group) is 1. The fourth-order valence-corrected chi connectivity index (χ4v) is 2.20. The second-order valence-corrected chi connectivity index (χ2v) is 4.08. The first-order valence-corrected chi connectivity index (χ1v) is 4.94. The summed E-state index contributed by atoms with van der Waals surface area (Å²) >= 11 is 2.34. The molecule has 0 aromatic heterocycles. The topological polar surface area (TPSA) is 24.5 Å². The highest BCUT2D eigenvalue weighted by atomic mass is 127. The zero-order valence-electron chi connectivity index (χ0n) is 7.01. The lowest BCUT2D eigenvalue weighted by molar-refractivity contribution is 0.0588. The van der Waals surface area contributed by atoms with Gasteiger partial charge in [-0.3, -0.25) is 0 Å². The van der Waals surface area contributed by atoms with E-state index in [1.54, 1.807) is 0 Å². The molecule has 66 valence electrons. The van der Waals surface area contributed by atoms with Crippen molar-refractivity contribution in [3.63, 3.8) is 0 Å². The molecule has 2 unspecified atom stereocenters. The number of hydrogen-bond donors (Lipinski definition) is 1. The van der Waals surface area contributed by atoms with E-state index in [-0.39, 0.29) is 0 Å². The van der Waals surface area contributed by atoms with Crippen LogP contribution >= 0.6 is 22.9 Å². The van der Waals surface area contributed by atoms with E-state index in [9.17, 15) is 0 Å². The van der Waals surface area contributed by atoms with Gasteiger partial charge >= 0.3 is 0 Å². The molecule has 1 aliphatic heterocycles. The maximum absolute atomic E-state index is 5.57. The summed E-state index contributed by atoms with van der Waals surface area (Å²) in [4.78, 5) is 0. The Bertz CT molecular complexity index is 123. The van der Waals surface area contributed by atoms with Gasteiger partial charge < -0.3 is 10.1 Å². The van der Waals surface area contributed by atoms with Crippen LogP contribution in [0.4, 0.5) is 0 Å². The highest BCUT2D eigenvalue weighted by molar-refractivity contribution is 14.1. The van der Waals surface area contributed by atoms with Gasteiger partial charge in [0, 0.05) is 48.6 Å². The molecule has 0 aromatic carbocycles. The molecule has 3 nitrogen and oxygen atoms in total. The van der Waals surface area contributed by atoms with Crippen molar-refractivity contribution in [2.45, 2.75) is 19.1 Å². The Balaban J connectivity index is 2.37. The molecule has 11 heavy (non-hydrogen) atoms. The Hall–Kier alpha value is 0.610. The van der Waals surface area contributed by atoms with E-state index < -0.39 is 0 Å². The largest absolute Gasteiger partial charge is 0.375 e. The maximum Gasteiger partial charge on any atom is 0.0875 e. The van der Waals surface area contributed by atoms with Crippen LogP contribution < -0.4 is 5.32 Å². The van der Waals surface area contributed by atoms with Crippen LogP contribution in [0.3, 0.4) is 0 Å². The Kier molecular flexibility index (Phi) is 4.05. The van der Waals surface area contributed by atoms with Crippen molar-refractivity contribution in [3.8, 4) is 0 Å². The second-order valence-electron chi connectivity index (χ2n) is 2.72. The Morgan fingerprint density at radius 1 is 1.64 bits per heavy atom. The minimum atomic E-state index is 0.377. The first kappa shape index (κ1) is 9.70. The third-order valence-corrected chi connectivity index (χ3v) is 2.76. The van der Waals surface area contributed by atoms with Crippen LogP contribution in [0.25, 0.3) is 0 Å². The smallest absolute Gasteiger partial charge is 0.0875 e. The van der Waals surface area contributed by atoms with Crippen LogP contribution in [-0.4, -0.2) is 42.0 Å². The van der Waals surface area contributed by atoms with Crippen LogP contribution in [-0.2, 0) is 4.74 Å². The number of hydrogen-bond acceptors (Lipinski definition) is 3. The van der Waals surface area contributed by atoms with Gasteiger partial charge in [0.1, 0.15) is 0 Å². The van der Waals surface area contributed by atoms with E-state index >= 15 is 0 Å². The van der Waals surface area contributed by atoms with Crippen LogP contribution in [0.2, 0.25) is 0 Å². The number of rotatable bonds is 3. The van der Waals surface area contributed by atoms with Crippen LogP contribution in [0.1, 0.15) is 6.92 Å². The lowest BCUT2D eigenvalue weighted by atomic mass is 10.2. The molecular formula is C7H15IN2O.